The van der Waals surface area contributed by atoms with Gasteiger partial charge in [0.2, 0.25) is 0 Å². The van der Waals surface area contributed by atoms with Crippen molar-refractivity contribution in [2.45, 2.75) is 32.9 Å². The Hall–Kier alpha value is -3.18. The average Bonchev–Trinajstić information content (AvgIpc) is 3.21. The number of halogens is 3. The lowest BCUT2D eigenvalue weighted by molar-refractivity contribution is -0.141. The van der Waals surface area contributed by atoms with Gasteiger partial charge in [-0.15, -0.1) is 0 Å². The van der Waals surface area contributed by atoms with Crippen molar-refractivity contribution < 1.29 is 31.5 Å². The summed E-state index contributed by atoms with van der Waals surface area (Å²) in [6, 6.07) is 13.6. The number of carbonyl (C=O) groups excluding carboxylic acids is 1. The molecule has 7 nitrogen and oxygen atoms in total. The number of hydrogen-bond acceptors (Lipinski definition) is 4. The van der Waals surface area contributed by atoms with E-state index in [2.05, 4.69) is 5.10 Å². The van der Waals surface area contributed by atoms with Gasteiger partial charge in [-0.2, -0.15) is 18.3 Å². The molecule has 0 radical (unpaired) electrons. The van der Waals surface area contributed by atoms with E-state index in [1.54, 1.807) is 24.3 Å². The Morgan fingerprint density at radius 2 is 1.79 bits per heavy atom. The van der Waals surface area contributed by atoms with Gasteiger partial charge in [-0.3, -0.25) is 4.55 Å². The van der Waals surface area contributed by atoms with Gasteiger partial charge in [-0.25, -0.2) is 18.0 Å². The maximum Gasteiger partial charge on any atom is 0.435 e. The first-order chi connectivity index (χ1) is 15.6. The van der Waals surface area contributed by atoms with Crippen LogP contribution < -0.4 is 4.74 Å². The molecule has 0 aliphatic rings. The van der Waals surface area contributed by atoms with E-state index in [1.165, 1.54) is 24.3 Å². The molecular formula is C22H22F3N3O4S. The molecule has 33 heavy (non-hydrogen) atoms. The first kappa shape index (κ1) is 24.5. The Morgan fingerprint density at radius 3 is 2.33 bits per heavy atom. The van der Waals surface area contributed by atoms with Crippen LogP contribution in [0.3, 0.4) is 0 Å². The molecule has 0 fully saturated rings. The third kappa shape index (κ3) is 5.99. The van der Waals surface area contributed by atoms with Gasteiger partial charge in [0.1, 0.15) is 5.75 Å². The number of benzene rings is 2. The van der Waals surface area contributed by atoms with Gasteiger partial charge >= 0.3 is 12.3 Å². The maximum absolute atomic E-state index is 13.3. The molecule has 0 saturated carbocycles. The largest absolute Gasteiger partial charge is 0.435 e. The lowest BCUT2D eigenvalue weighted by atomic mass is 10.1. The minimum absolute atomic E-state index is 0.0456. The molecule has 0 aliphatic carbocycles. The molecule has 3 aromatic rings. The zero-order valence-electron chi connectivity index (χ0n) is 17.9. The third-order valence-corrected chi connectivity index (χ3v) is 5.45. The van der Waals surface area contributed by atoms with Gasteiger partial charge in [0.05, 0.1) is 11.4 Å². The normalized spacial score (nSPS) is 12.4. The fourth-order valence-corrected chi connectivity index (χ4v) is 3.44. The molecule has 1 atom stereocenters. The number of amides is 1. The molecule has 3 rings (SSSR count). The lowest BCUT2D eigenvalue weighted by Gasteiger charge is -2.17. The summed E-state index contributed by atoms with van der Waals surface area (Å²) in [6.45, 7) is 3.79. The standard InChI is InChI=1S/C22H22F3N3O4S/c1-3-4-13-27(33(30)31)21(29)32-18-11-9-17(10-12-18)28-19(14-20(26-28)22(23,24)25)16-7-5-15(2)6-8-16/h5-12,14H,3-4,13H2,1-2H3,(H,30,31). The van der Waals surface area contributed by atoms with Gasteiger partial charge in [0.15, 0.2) is 5.69 Å². The lowest BCUT2D eigenvalue weighted by Crippen LogP contribution is -2.35. The number of unbranched alkanes of at least 4 members (excludes halogenated alkanes) is 1. The Balaban J connectivity index is 1.89. The van der Waals surface area contributed by atoms with Gasteiger partial charge in [0, 0.05) is 12.1 Å². The molecule has 11 heteroatoms. The minimum atomic E-state index is -4.62. The second-order valence-corrected chi connectivity index (χ2v) is 8.14. The minimum Gasteiger partial charge on any atom is -0.410 e. The van der Waals surface area contributed by atoms with E-state index in [1.807, 2.05) is 13.8 Å². The van der Waals surface area contributed by atoms with E-state index in [-0.39, 0.29) is 18.0 Å². The molecular weight excluding hydrogens is 459 g/mol. The summed E-state index contributed by atoms with van der Waals surface area (Å²) in [7, 11) is 0. The second kappa shape index (κ2) is 10.2. The molecule has 176 valence electrons. The molecule has 0 aliphatic heterocycles. The summed E-state index contributed by atoms with van der Waals surface area (Å²) < 4.78 is 67.7. The Labute approximate surface area is 191 Å². The van der Waals surface area contributed by atoms with Crippen molar-refractivity contribution in [1.29, 1.82) is 0 Å². The summed E-state index contributed by atoms with van der Waals surface area (Å²) in [5.41, 5.74) is 1.04. The van der Waals surface area contributed by atoms with Crippen molar-refractivity contribution in [2.24, 2.45) is 0 Å². The Kier molecular flexibility index (Phi) is 7.54. The van der Waals surface area contributed by atoms with Crippen molar-refractivity contribution in [3.63, 3.8) is 0 Å². The first-order valence-corrected chi connectivity index (χ1v) is 11.1. The number of rotatable bonds is 7. The number of aryl methyl sites for hydroxylation is 1. The van der Waals surface area contributed by atoms with Gasteiger partial charge in [-0.05, 0) is 43.7 Å². The molecule has 1 heterocycles. The first-order valence-electron chi connectivity index (χ1n) is 10.0. The number of carbonyl (C=O) groups is 1. The monoisotopic (exact) mass is 481 g/mol. The van der Waals surface area contributed by atoms with Gasteiger partial charge in [-0.1, -0.05) is 43.2 Å². The van der Waals surface area contributed by atoms with E-state index < -0.39 is 29.2 Å². The second-order valence-electron chi connectivity index (χ2n) is 7.24. The Morgan fingerprint density at radius 1 is 1.15 bits per heavy atom. The number of alkyl halides is 3. The number of aromatic nitrogens is 2. The van der Waals surface area contributed by atoms with Crippen LogP contribution in [0.2, 0.25) is 0 Å². The fraction of sp³-hybridized carbons (Fsp3) is 0.273. The van der Waals surface area contributed by atoms with Crippen molar-refractivity contribution in [3.8, 4) is 22.7 Å². The Bertz CT molecular complexity index is 1130. The van der Waals surface area contributed by atoms with Gasteiger partial charge in [0.25, 0.3) is 11.3 Å². The maximum atomic E-state index is 13.3. The molecule has 0 spiro atoms. The van der Waals surface area contributed by atoms with E-state index in [9.17, 15) is 26.7 Å². The summed E-state index contributed by atoms with van der Waals surface area (Å²) in [4.78, 5) is 12.2. The molecule has 0 bridgehead atoms. The van der Waals surface area contributed by atoms with Crippen LogP contribution in [0.25, 0.3) is 16.9 Å². The predicted molar refractivity (Wildman–Crippen MR) is 117 cm³/mol. The third-order valence-electron chi connectivity index (χ3n) is 4.74. The summed E-state index contributed by atoms with van der Waals surface area (Å²) in [5.74, 6) is 0.0655. The smallest absolute Gasteiger partial charge is 0.410 e. The van der Waals surface area contributed by atoms with E-state index in [0.29, 0.717) is 28.4 Å². The average molecular weight is 481 g/mol. The van der Waals surface area contributed by atoms with Crippen LogP contribution in [0.1, 0.15) is 31.0 Å². The van der Waals surface area contributed by atoms with Crippen LogP contribution in [0.5, 0.6) is 5.75 Å². The number of nitrogens with zero attached hydrogens (tertiary/aromatic N) is 3. The summed E-state index contributed by atoms with van der Waals surface area (Å²) in [5, 5.41) is 3.73. The fourth-order valence-electron chi connectivity index (χ4n) is 2.99. The zero-order valence-corrected chi connectivity index (χ0v) is 18.7. The van der Waals surface area contributed by atoms with Crippen LogP contribution in [-0.2, 0) is 17.4 Å². The molecule has 1 unspecified atom stereocenters. The molecule has 2 aromatic carbocycles. The van der Waals surface area contributed by atoms with Crippen LogP contribution in [0.4, 0.5) is 18.0 Å². The van der Waals surface area contributed by atoms with Crippen LogP contribution in [-0.4, -0.2) is 35.5 Å². The zero-order chi connectivity index (χ0) is 24.2. The van der Waals surface area contributed by atoms with Gasteiger partial charge < -0.3 is 4.74 Å². The van der Waals surface area contributed by atoms with Crippen LogP contribution in [0.15, 0.2) is 54.6 Å². The molecule has 1 N–H and O–H groups in total. The summed E-state index contributed by atoms with van der Waals surface area (Å²) in [6.07, 6.45) is -4.40. The highest BCUT2D eigenvalue weighted by Crippen LogP contribution is 2.33. The quantitative estimate of drug-likeness (QED) is 0.444. The highest BCUT2D eigenvalue weighted by molar-refractivity contribution is 7.77. The van der Waals surface area contributed by atoms with Crippen molar-refractivity contribution in [2.75, 3.05) is 6.54 Å². The topological polar surface area (TPSA) is 84.7 Å². The molecule has 1 amide bonds. The van der Waals surface area contributed by atoms with E-state index in [4.69, 9.17) is 4.74 Å². The molecule has 1 aromatic heterocycles. The SMILES string of the molecule is CCCCN(C(=O)Oc1ccc(-n2nc(C(F)(F)F)cc2-c2ccc(C)cc2)cc1)S(=O)O. The molecule has 0 saturated heterocycles. The van der Waals surface area contributed by atoms with Crippen molar-refractivity contribution in [3.05, 3.63) is 65.9 Å². The number of ether oxygens (including phenoxy) is 1. The van der Waals surface area contributed by atoms with E-state index >= 15 is 0 Å². The highest BCUT2D eigenvalue weighted by Gasteiger charge is 2.35. The van der Waals surface area contributed by atoms with Crippen LogP contribution >= 0.6 is 0 Å². The predicted octanol–water partition coefficient (Wildman–Crippen LogP) is 5.60. The highest BCUT2D eigenvalue weighted by atomic mass is 32.2. The van der Waals surface area contributed by atoms with Crippen LogP contribution in [0, 0.1) is 6.92 Å². The summed E-state index contributed by atoms with van der Waals surface area (Å²) >= 11 is -2.54. The van der Waals surface area contributed by atoms with Crippen molar-refractivity contribution >= 4 is 17.4 Å². The van der Waals surface area contributed by atoms with Crippen molar-refractivity contribution in [1.82, 2.24) is 14.1 Å². The van der Waals surface area contributed by atoms with E-state index in [0.717, 1.165) is 16.3 Å². The number of hydrogen-bond donors (Lipinski definition) is 1.